The van der Waals surface area contributed by atoms with Crippen LogP contribution in [0.3, 0.4) is 0 Å². The van der Waals surface area contributed by atoms with Gasteiger partial charge in [0, 0.05) is 5.69 Å². The molecule has 1 N–H and O–H groups in total. The van der Waals surface area contributed by atoms with Gasteiger partial charge in [0.1, 0.15) is 5.03 Å². The molecular weight excluding hydrogens is 222 g/mol. The summed E-state index contributed by atoms with van der Waals surface area (Å²) in [5, 5.41) is 9.83. The number of carbonyl (C=O) groups is 1. The van der Waals surface area contributed by atoms with Gasteiger partial charge in [0.2, 0.25) is 0 Å². The lowest BCUT2D eigenvalue weighted by atomic mass is 10.1. The Balaban J connectivity index is 2.36. The van der Waals surface area contributed by atoms with Gasteiger partial charge < -0.3 is 5.11 Å². The molecule has 16 heavy (non-hydrogen) atoms. The Morgan fingerprint density at radius 3 is 3.06 bits per heavy atom. The third-order valence-corrected chi connectivity index (χ3v) is 3.89. The van der Waals surface area contributed by atoms with Crippen LogP contribution in [0.5, 0.6) is 0 Å². The first-order chi connectivity index (χ1) is 7.72. The van der Waals surface area contributed by atoms with Gasteiger partial charge in [0.05, 0.1) is 5.56 Å². The summed E-state index contributed by atoms with van der Waals surface area (Å²) in [4.78, 5) is 15.6. The number of thioether (sulfide) groups is 1. The number of carboxylic acid groups (broad SMARTS) is 1. The van der Waals surface area contributed by atoms with Gasteiger partial charge in [-0.2, -0.15) is 0 Å². The zero-order chi connectivity index (χ0) is 11.5. The third-order valence-electron chi connectivity index (χ3n) is 2.69. The van der Waals surface area contributed by atoms with Crippen LogP contribution in [-0.4, -0.2) is 21.8 Å². The Bertz CT molecular complexity index is 418. The van der Waals surface area contributed by atoms with Crippen LogP contribution in [0.1, 0.15) is 41.4 Å². The fourth-order valence-corrected chi connectivity index (χ4v) is 2.79. The van der Waals surface area contributed by atoms with E-state index in [1.807, 2.05) is 6.07 Å². The molecule has 0 unspecified atom stereocenters. The lowest BCUT2D eigenvalue weighted by Crippen LogP contribution is -2.04. The molecule has 0 aromatic carbocycles. The molecule has 0 spiro atoms. The minimum atomic E-state index is -0.860. The summed E-state index contributed by atoms with van der Waals surface area (Å²) < 4.78 is 0. The van der Waals surface area contributed by atoms with E-state index >= 15 is 0 Å². The van der Waals surface area contributed by atoms with Gasteiger partial charge in [0.25, 0.3) is 0 Å². The van der Waals surface area contributed by atoms with Crippen molar-refractivity contribution in [1.29, 1.82) is 0 Å². The zero-order valence-corrected chi connectivity index (χ0v) is 10.1. The first-order valence-electron chi connectivity index (χ1n) is 5.61. The molecular formula is C12H15NO2S. The molecule has 0 radical (unpaired) electrons. The highest BCUT2D eigenvalue weighted by Gasteiger charge is 2.19. The first-order valence-corrected chi connectivity index (χ1v) is 6.59. The number of carboxylic acids is 1. The van der Waals surface area contributed by atoms with Gasteiger partial charge in [-0.25, -0.2) is 9.78 Å². The fourth-order valence-electron chi connectivity index (χ4n) is 1.92. The first kappa shape index (κ1) is 11.5. The Kier molecular flexibility index (Phi) is 3.49. The van der Waals surface area contributed by atoms with E-state index in [9.17, 15) is 4.79 Å². The molecule has 0 saturated heterocycles. The summed E-state index contributed by atoms with van der Waals surface area (Å²) in [5.74, 6) is 0.0623. The van der Waals surface area contributed by atoms with Crippen molar-refractivity contribution < 1.29 is 9.90 Å². The van der Waals surface area contributed by atoms with E-state index in [2.05, 4.69) is 11.9 Å². The molecule has 0 saturated carbocycles. The molecule has 0 aliphatic heterocycles. The minimum Gasteiger partial charge on any atom is -0.478 e. The maximum absolute atomic E-state index is 11.1. The number of aromatic nitrogens is 1. The fraction of sp³-hybridized carbons (Fsp3) is 0.500. The molecule has 86 valence electrons. The van der Waals surface area contributed by atoms with Crippen LogP contribution < -0.4 is 0 Å². The van der Waals surface area contributed by atoms with Crippen LogP contribution in [0.15, 0.2) is 11.1 Å². The van der Waals surface area contributed by atoms with Gasteiger partial charge in [0.15, 0.2) is 0 Å². The number of hydrogen-bond donors (Lipinski definition) is 1. The highest BCUT2D eigenvalue weighted by molar-refractivity contribution is 7.99. The Hall–Kier alpha value is -1.03. The Labute approximate surface area is 99.3 Å². The van der Waals surface area contributed by atoms with Crippen molar-refractivity contribution >= 4 is 17.7 Å². The number of aromatic carboxylic acids is 1. The van der Waals surface area contributed by atoms with Crippen molar-refractivity contribution in [3.8, 4) is 0 Å². The smallest absolute Gasteiger partial charge is 0.338 e. The van der Waals surface area contributed by atoms with E-state index < -0.39 is 5.97 Å². The number of fused-ring (bicyclic) bond motifs is 1. The number of nitrogens with zero attached hydrogens (tertiary/aromatic N) is 1. The van der Waals surface area contributed by atoms with Gasteiger partial charge in [-0.15, -0.1) is 11.8 Å². The Morgan fingerprint density at radius 1 is 1.56 bits per heavy atom. The second-order valence-electron chi connectivity index (χ2n) is 3.95. The van der Waals surface area contributed by atoms with Gasteiger partial charge in [-0.1, -0.05) is 6.92 Å². The van der Waals surface area contributed by atoms with Crippen molar-refractivity contribution in [2.75, 3.05) is 5.75 Å². The molecule has 1 aliphatic rings. The average Bonchev–Trinajstić information content (AvgIpc) is 2.71. The number of hydrogen-bond acceptors (Lipinski definition) is 3. The average molecular weight is 237 g/mol. The SMILES string of the molecule is CCCSc1nc2c(cc1C(=O)O)CCC2. The van der Waals surface area contributed by atoms with Crippen LogP contribution in [0.2, 0.25) is 0 Å². The summed E-state index contributed by atoms with van der Waals surface area (Å²) in [5.41, 5.74) is 2.60. The number of rotatable bonds is 4. The van der Waals surface area contributed by atoms with Crippen molar-refractivity contribution in [2.45, 2.75) is 37.6 Å². The highest BCUT2D eigenvalue weighted by Crippen LogP contribution is 2.28. The molecule has 1 aliphatic carbocycles. The molecule has 1 aromatic heterocycles. The molecule has 3 nitrogen and oxygen atoms in total. The van der Waals surface area contributed by atoms with E-state index in [1.165, 1.54) is 0 Å². The summed E-state index contributed by atoms with van der Waals surface area (Å²) in [7, 11) is 0. The van der Waals surface area contributed by atoms with E-state index in [4.69, 9.17) is 5.11 Å². The molecule has 1 heterocycles. The predicted octanol–water partition coefficient (Wildman–Crippen LogP) is 2.77. The maximum atomic E-state index is 11.1. The highest BCUT2D eigenvalue weighted by atomic mass is 32.2. The minimum absolute atomic E-state index is 0.374. The van der Waals surface area contributed by atoms with Crippen molar-refractivity contribution in [3.05, 3.63) is 22.9 Å². The second-order valence-corrected chi connectivity index (χ2v) is 5.04. The van der Waals surface area contributed by atoms with Crippen LogP contribution in [-0.2, 0) is 12.8 Å². The summed E-state index contributed by atoms with van der Waals surface area (Å²) in [6.45, 7) is 2.08. The molecule has 0 bridgehead atoms. The lowest BCUT2D eigenvalue weighted by Gasteiger charge is -2.07. The monoisotopic (exact) mass is 237 g/mol. The quantitative estimate of drug-likeness (QED) is 0.818. The standard InChI is InChI=1S/C12H15NO2S/c1-2-6-16-11-9(12(14)15)7-8-4-3-5-10(8)13-11/h7H,2-6H2,1H3,(H,14,15). The van der Waals surface area contributed by atoms with Crippen LogP contribution in [0.25, 0.3) is 0 Å². The van der Waals surface area contributed by atoms with Crippen molar-refractivity contribution in [1.82, 2.24) is 4.98 Å². The molecule has 0 atom stereocenters. The van der Waals surface area contributed by atoms with E-state index in [-0.39, 0.29) is 0 Å². The van der Waals surface area contributed by atoms with E-state index in [0.29, 0.717) is 10.6 Å². The van der Waals surface area contributed by atoms with E-state index in [1.54, 1.807) is 11.8 Å². The Morgan fingerprint density at radius 2 is 2.38 bits per heavy atom. The van der Waals surface area contributed by atoms with E-state index in [0.717, 1.165) is 42.7 Å². The van der Waals surface area contributed by atoms with Gasteiger partial charge >= 0.3 is 5.97 Å². The molecule has 0 fully saturated rings. The predicted molar refractivity (Wildman–Crippen MR) is 64.2 cm³/mol. The normalized spacial score (nSPS) is 13.8. The largest absolute Gasteiger partial charge is 0.478 e. The maximum Gasteiger partial charge on any atom is 0.338 e. The zero-order valence-electron chi connectivity index (χ0n) is 9.32. The second kappa shape index (κ2) is 4.87. The topological polar surface area (TPSA) is 50.2 Å². The molecule has 0 amide bonds. The summed E-state index contributed by atoms with van der Waals surface area (Å²) >= 11 is 1.55. The lowest BCUT2D eigenvalue weighted by molar-refractivity contribution is 0.0692. The number of aryl methyl sites for hydroxylation is 2. The molecule has 2 rings (SSSR count). The van der Waals surface area contributed by atoms with Crippen LogP contribution in [0, 0.1) is 0 Å². The van der Waals surface area contributed by atoms with Gasteiger partial charge in [-0.05, 0) is 43.1 Å². The summed E-state index contributed by atoms with van der Waals surface area (Å²) in [6, 6.07) is 1.82. The molecule has 4 heteroatoms. The summed E-state index contributed by atoms with van der Waals surface area (Å²) in [6.07, 6.45) is 4.10. The molecule has 1 aromatic rings. The van der Waals surface area contributed by atoms with Crippen molar-refractivity contribution in [2.24, 2.45) is 0 Å². The van der Waals surface area contributed by atoms with Gasteiger partial charge in [-0.3, -0.25) is 0 Å². The van der Waals surface area contributed by atoms with Crippen LogP contribution >= 0.6 is 11.8 Å². The third kappa shape index (κ3) is 2.21. The van der Waals surface area contributed by atoms with Crippen molar-refractivity contribution in [3.63, 3.8) is 0 Å². The van der Waals surface area contributed by atoms with Crippen LogP contribution in [0.4, 0.5) is 0 Å². The number of pyridine rings is 1.